The number of aryl methyl sites for hydroxylation is 1. The lowest BCUT2D eigenvalue weighted by Gasteiger charge is -2.28. The Morgan fingerprint density at radius 3 is 2.65 bits per heavy atom. The van der Waals surface area contributed by atoms with Gasteiger partial charge in [0.15, 0.2) is 5.11 Å². The maximum absolute atomic E-state index is 5.73. The van der Waals surface area contributed by atoms with Crippen molar-refractivity contribution in [3.8, 4) is 11.4 Å². The van der Waals surface area contributed by atoms with Gasteiger partial charge in [-0.15, -0.1) is 0 Å². The predicted molar refractivity (Wildman–Crippen MR) is 126 cm³/mol. The summed E-state index contributed by atoms with van der Waals surface area (Å²) in [7, 11) is 3.41. The van der Waals surface area contributed by atoms with Crippen LogP contribution in [0.5, 0.6) is 5.75 Å². The minimum absolute atomic E-state index is 0.0168. The number of hydrogen-bond acceptors (Lipinski definition) is 4. The third-order valence-electron chi connectivity index (χ3n) is 5.83. The standard InChI is InChI=1S/C24H28N4O2S/c1-16-14-20(17(2)28(16)18-8-7-9-19(15-18)30-4)23-22(21-10-5-6-11-25-21)26-24(31)27(23)12-13-29-3/h5-11,14-15,22-23H,12-13H2,1-4H3,(H,26,31)/t22-,23+/m0/s1. The molecule has 1 saturated heterocycles. The number of aromatic nitrogens is 2. The number of pyridine rings is 1. The van der Waals surface area contributed by atoms with E-state index in [0.717, 1.165) is 27.9 Å². The van der Waals surface area contributed by atoms with E-state index >= 15 is 0 Å². The van der Waals surface area contributed by atoms with Crippen molar-refractivity contribution in [1.29, 1.82) is 0 Å². The number of methoxy groups -OCH3 is 2. The van der Waals surface area contributed by atoms with Crippen molar-refractivity contribution >= 4 is 17.3 Å². The first-order chi connectivity index (χ1) is 15.0. The molecule has 2 atom stereocenters. The Morgan fingerprint density at radius 2 is 1.94 bits per heavy atom. The van der Waals surface area contributed by atoms with Crippen LogP contribution in [0.25, 0.3) is 5.69 Å². The largest absolute Gasteiger partial charge is 0.497 e. The number of benzene rings is 1. The number of nitrogens with one attached hydrogen (secondary N) is 1. The van der Waals surface area contributed by atoms with Gasteiger partial charge in [-0.3, -0.25) is 4.98 Å². The summed E-state index contributed by atoms with van der Waals surface area (Å²) in [6, 6.07) is 16.4. The van der Waals surface area contributed by atoms with Crippen LogP contribution in [0.2, 0.25) is 0 Å². The van der Waals surface area contributed by atoms with Crippen molar-refractivity contribution < 1.29 is 9.47 Å². The summed E-state index contributed by atoms with van der Waals surface area (Å²) >= 11 is 5.73. The first-order valence-electron chi connectivity index (χ1n) is 10.4. The zero-order valence-electron chi connectivity index (χ0n) is 18.3. The number of nitrogens with zero attached hydrogens (tertiary/aromatic N) is 3. The van der Waals surface area contributed by atoms with Crippen LogP contribution in [-0.4, -0.2) is 46.9 Å². The lowest BCUT2D eigenvalue weighted by atomic mass is 9.97. The number of rotatable bonds is 7. The van der Waals surface area contributed by atoms with Crippen LogP contribution in [0.4, 0.5) is 0 Å². The van der Waals surface area contributed by atoms with E-state index in [-0.39, 0.29) is 12.1 Å². The van der Waals surface area contributed by atoms with Crippen molar-refractivity contribution in [3.05, 3.63) is 77.4 Å². The van der Waals surface area contributed by atoms with Crippen LogP contribution >= 0.6 is 12.2 Å². The first kappa shape index (κ1) is 21.3. The molecule has 0 amide bonds. The molecule has 1 N–H and O–H groups in total. The molecule has 0 saturated carbocycles. The van der Waals surface area contributed by atoms with Crippen LogP contribution < -0.4 is 10.1 Å². The summed E-state index contributed by atoms with van der Waals surface area (Å²) < 4.78 is 13.1. The lowest BCUT2D eigenvalue weighted by Crippen LogP contribution is -2.32. The van der Waals surface area contributed by atoms with Gasteiger partial charge in [0.2, 0.25) is 0 Å². The Labute approximate surface area is 188 Å². The zero-order chi connectivity index (χ0) is 22.0. The molecular formula is C24H28N4O2S. The van der Waals surface area contributed by atoms with Crippen molar-refractivity contribution in [1.82, 2.24) is 19.8 Å². The Morgan fingerprint density at radius 1 is 1.10 bits per heavy atom. The summed E-state index contributed by atoms with van der Waals surface area (Å²) in [5.41, 5.74) is 5.60. The van der Waals surface area contributed by atoms with Crippen molar-refractivity contribution in [2.45, 2.75) is 25.9 Å². The van der Waals surface area contributed by atoms with Crippen LogP contribution in [0, 0.1) is 13.8 Å². The van der Waals surface area contributed by atoms with E-state index in [4.69, 9.17) is 21.7 Å². The normalized spacial score (nSPS) is 18.3. The highest BCUT2D eigenvalue weighted by atomic mass is 32.1. The summed E-state index contributed by atoms with van der Waals surface area (Å²) in [4.78, 5) is 6.84. The van der Waals surface area contributed by atoms with Crippen LogP contribution in [0.1, 0.15) is 34.7 Å². The fraction of sp³-hybridized carbons (Fsp3) is 0.333. The molecular weight excluding hydrogens is 408 g/mol. The molecule has 0 aliphatic carbocycles. The second-order valence-corrected chi connectivity index (χ2v) is 8.06. The van der Waals surface area contributed by atoms with Gasteiger partial charge < -0.3 is 24.3 Å². The molecule has 3 heterocycles. The van der Waals surface area contributed by atoms with Crippen molar-refractivity contribution in [2.75, 3.05) is 27.4 Å². The number of thiocarbonyl (C=S) groups is 1. The van der Waals surface area contributed by atoms with Crippen LogP contribution in [-0.2, 0) is 4.74 Å². The molecule has 6 nitrogen and oxygen atoms in total. The second-order valence-electron chi connectivity index (χ2n) is 7.68. The quantitative estimate of drug-likeness (QED) is 0.563. The van der Waals surface area contributed by atoms with E-state index in [1.807, 2.05) is 36.5 Å². The van der Waals surface area contributed by atoms with E-state index in [0.29, 0.717) is 13.2 Å². The van der Waals surface area contributed by atoms with Gasteiger partial charge >= 0.3 is 0 Å². The van der Waals surface area contributed by atoms with Crippen molar-refractivity contribution in [3.63, 3.8) is 0 Å². The highest BCUT2D eigenvalue weighted by Gasteiger charge is 2.41. The third kappa shape index (κ3) is 4.03. The van der Waals surface area contributed by atoms with E-state index in [2.05, 4.69) is 51.8 Å². The van der Waals surface area contributed by atoms with Gasteiger partial charge in [0, 0.05) is 43.0 Å². The summed E-state index contributed by atoms with van der Waals surface area (Å²) in [5, 5.41) is 4.23. The van der Waals surface area contributed by atoms with E-state index in [1.165, 1.54) is 11.3 Å². The Bertz CT molecular complexity index is 1070. The second kappa shape index (κ2) is 9.08. The van der Waals surface area contributed by atoms with Gasteiger partial charge in [0.1, 0.15) is 5.75 Å². The highest BCUT2D eigenvalue weighted by Crippen LogP contribution is 2.41. The lowest BCUT2D eigenvalue weighted by molar-refractivity contribution is 0.164. The van der Waals surface area contributed by atoms with Crippen molar-refractivity contribution in [2.24, 2.45) is 0 Å². The van der Waals surface area contributed by atoms with Gasteiger partial charge in [0.25, 0.3) is 0 Å². The van der Waals surface area contributed by atoms with Gasteiger partial charge in [-0.1, -0.05) is 12.1 Å². The predicted octanol–water partition coefficient (Wildman–Crippen LogP) is 4.12. The minimum atomic E-state index is -0.0372. The molecule has 162 valence electrons. The maximum atomic E-state index is 5.73. The molecule has 1 fully saturated rings. The van der Waals surface area contributed by atoms with Crippen LogP contribution in [0.15, 0.2) is 54.7 Å². The SMILES string of the molecule is COCCN1C(=S)N[C@@H](c2ccccn2)[C@H]1c1cc(C)n(-c2cccc(OC)c2)c1C. The molecule has 0 unspecified atom stereocenters. The average molecular weight is 437 g/mol. The minimum Gasteiger partial charge on any atom is -0.497 e. The number of ether oxygens (including phenoxy) is 2. The molecule has 1 aliphatic heterocycles. The van der Waals surface area contributed by atoms with Gasteiger partial charge in [0.05, 0.1) is 31.5 Å². The summed E-state index contributed by atoms with van der Waals surface area (Å²) in [6.07, 6.45) is 1.83. The molecule has 2 aromatic heterocycles. The van der Waals surface area contributed by atoms with Gasteiger partial charge in [-0.05, 0) is 62.0 Å². The molecule has 1 aliphatic rings. The Kier molecular flexibility index (Phi) is 6.25. The molecule has 3 aromatic rings. The number of hydrogen-bond donors (Lipinski definition) is 1. The fourth-order valence-electron chi connectivity index (χ4n) is 4.41. The topological polar surface area (TPSA) is 51.5 Å². The maximum Gasteiger partial charge on any atom is 0.170 e. The highest BCUT2D eigenvalue weighted by molar-refractivity contribution is 7.80. The molecule has 7 heteroatoms. The zero-order valence-corrected chi connectivity index (χ0v) is 19.1. The van der Waals surface area contributed by atoms with E-state index in [9.17, 15) is 0 Å². The third-order valence-corrected chi connectivity index (χ3v) is 6.19. The average Bonchev–Trinajstić information content (AvgIpc) is 3.27. The molecule has 31 heavy (non-hydrogen) atoms. The molecule has 0 spiro atoms. The monoisotopic (exact) mass is 436 g/mol. The smallest absolute Gasteiger partial charge is 0.170 e. The summed E-state index contributed by atoms with van der Waals surface area (Å²) in [6.45, 7) is 5.60. The summed E-state index contributed by atoms with van der Waals surface area (Å²) in [5.74, 6) is 0.836. The van der Waals surface area contributed by atoms with Gasteiger partial charge in [-0.2, -0.15) is 0 Å². The Balaban J connectivity index is 1.81. The molecule has 4 rings (SSSR count). The first-order valence-corrected chi connectivity index (χ1v) is 10.8. The van der Waals surface area contributed by atoms with Gasteiger partial charge in [-0.25, -0.2) is 0 Å². The van der Waals surface area contributed by atoms with E-state index < -0.39 is 0 Å². The fourth-order valence-corrected chi connectivity index (χ4v) is 4.74. The van der Waals surface area contributed by atoms with Crippen LogP contribution in [0.3, 0.4) is 0 Å². The van der Waals surface area contributed by atoms with E-state index in [1.54, 1.807) is 14.2 Å². The Hall–Kier alpha value is -2.90. The molecule has 0 radical (unpaired) electrons. The molecule has 0 bridgehead atoms. The molecule has 1 aromatic carbocycles.